The molecule has 0 aromatic heterocycles. The van der Waals surface area contributed by atoms with Crippen molar-refractivity contribution in [2.45, 2.75) is 13.2 Å². The fourth-order valence-corrected chi connectivity index (χ4v) is 1.68. The highest BCUT2D eigenvalue weighted by atomic mass is 16.5. The first-order chi connectivity index (χ1) is 9.22. The largest absolute Gasteiger partial charge is 0.508 e. The number of rotatable bonds is 5. The highest BCUT2D eigenvalue weighted by Crippen LogP contribution is 2.25. The zero-order chi connectivity index (χ0) is 13.7. The zero-order valence-corrected chi connectivity index (χ0v) is 10.7. The molecule has 0 unspecified atom stereocenters. The molecule has 4 heteroatoms. The van der Waals surface area contributed by atoms with Crippen LogP contribution >= 0.6 is 0 Å². The van der Waals surface area contributed by atoms with Crippen LogP contribution in [0.3, 0.4) is 0 Å². The Balaban J connectivity index is 2.11. The minimum Gasteiger partial charge on any atom is -0.508 e. The van der Waals surface area contributed by atoms with Crippen LogP contribution in [0.2, 0.25) is 0 Å². The fraction of sp³-hybridized carbons (Fsp3) is 0.200. The lowest BCUT2D eigenvalue weighted by Gasteiger charge is -2.11. The lowest BCUT2D eigenvalue weighted by Crippen LogP contribution is -1.99. The molecule has 2 aromatic carbocycles. The molecule has 0 amide bonds. The van der Waals surface area contributed by atoms with Crippen LogP contribution in [0, 0.1) is 0 Å². The number of benzene rings is 2. The van der Waals surface area contributed by atoms with E-state index in [2.05, 4.69) is 0 Å². The highest BCUT2D eigenvalue weighted by molar-refractivity contribution is 5.40. The van der Waals surface area contributed by atoms with Crippen LogP contribution in [0.4, 0.5) is 0 Å². The first-order valence-corrected chi connectivity index (χ1v) is 5.91. The van der Waals surface area contributed by atoms with Gasteiger partial charge in [-0.1, -0.05) is 12.1 Å². The van der Waals surface area contributed by atoms with Gasteiger partial charge in [0.25, 0.3) is 0 Å². The van der Waals surface area contributed by atoms with Crippen LogP contribution in [-0.2, 0) is 13.2 Å². The molecular formula is C15H16O4. The smallest absolute Gasteiger partial charge is 0.129 e. The molecule has 0 bridgehead atoms. The number of aromatic hydroxyl groups is 1. The molecular weight excluding hydrogens is 244 g/mol. The van der Waals surface area contributed by atoms with E-state index in [0.29, 0.717) is 23.7 Å². The summed E-state index contributed by atoms with van der Waals surface area (Å²) in [4.78, 5) is 0. The predicted molar refractivity (Wildman–Crippen MR) is 71.4 cm³/mol. The van der Waals surface area contributed by atoms with Gasteiger partial charge in [0.15, 0.2) is 0 Å². The highest BCUT2D eigenvalue weighted by Gasteiger charge is 2.05. The number of methoxy groups -OCH3 is 1. The maximum absolute atomic E-state index is 9.26. The molecule has 4 nitrogen and oxygen atoms in total. The van der Waals surface area contributed by atoms with Gasteiger partial charge < -0.3 is 19.7 Å². The maximum atomic E-state index is 9.26. The number of hydrogen-bond acceptors (Lipinski definition) is 4. The number of ether oxygens (including phenoxy) is 2. The van der Waals surface area contributed by atoms with Gasteiger partial charge in [-0.05, 0) is 29.8 Å². The molecule has 0 aliphatic heterocycles. The van der Waals surface area contributed by atoms with E-state index in [0.717, 1.165) is 5.56 Å². The van der Waals surface area contributed by atoms with Crippen molar-refractivity contribution < 1.29 is 19.7 Å². The lowest BCUT2D eigenvalue weighted by molar-refractivity contribution is 0.258. The Kier molecular flexibility index (Phi) is 4.26. The summed E-state index contributed by atoms with van der Waals surface area (Å²) in [6.07, 6.45) is 0. The average Bonchev–Trinajstić information content (AvgIpc) is 2.46. The summed E-state index contributed by atoms with van der Waals surface area (Å²) < 4.78 is 10.8. The van der Waals surface area contributed by atoms with Crippen molar-refractivity contribution >= 4 is 0 Å². The molecule has 0 aliphatic rings. The first kappa shape index (κ1) is 13.2. The van der Waals surface area contributed by atoms with Gasteiger partial charge in [0.1, 0.15) is 23.9 Å². The second kappa shape index (κ2) is 6.11. The Hall–Kier alpha value is -2.20. The van der Waals surface area contributed by atoms with Gasteiger partial charge in [-0.3, -0.25) is 0 Å². The summed E-state index contributed by atoms with van der Waals surface area (Å²) in [6.45, 7) is 0.273. The zero-order valence-electron chi connectivity index (χ0n) is 10.7. The Bertz CT molecular complexity index is 534. The second-order valence-electron chi connectivity index (χ2n) is 4.09. The summed E-state index contributed by atoms with van der Waals surface area (Å²) in [6, 6.07) is 12.1. The van der Waals surface area contributed by atoms with E-state index < -0.39 is 0 Å². The minimum absolute atomic E-state index is 0.0884. The molecule has 0 saturated heterocycles. The second-order valence-corrected chi connectivity index (χ2v) is 4.09. The van der Waals surface area contributed by atoms with Crippen LogP contribution in [0.25, 0.3) is 0 Å². The Labute approximate surface area is 111 Å². The third-order valence-electron chi connectivity index (χ3n) is 2.78. The summed E-state index contributed by atoms with van der Waals surface area (Å²) >= 11 is 0. The molecule has 0 radical (unpaired) electrons. The van der Waals surface area contributed by atoms with E-state index in [1.165, 1.54) is 0 Å². The molecule has 2 aromatic rings. The molecule has 0 atom stereocenters. The summed E-state index contributed by atoms with van der Waals surface area (Å²) in [5, 5.41) is 18.5. The van der Waals surface area contributed by atoms with Crippen molar-refractivity contribution in [2.24, 2.45) is 0 Å². The van der Waals surface area contributed by atoms with Crippen molar-refractivity contribution in [3.8, 4) is 17.2 Å². The molecule has 0 aliphatic carbocycles. The molecule has 2 rings (SSSR count). The Morgan fingerprint density at radius 2 is 1.79 bits per heavy atom. The normalized spacial score (nSPS) is 10.2. The van der Waals surface area contributed by atoms with Crippen molar-refractivity contribution in [3.63, 3.8) is 0 Å². The number of aliphatic hydroxyl groups excluding tert-OH is 1. The number of hydrogen-bond donors (Lipinski definition) is 2. The third kappa shape index (κ3) is 3.39. The maximum Gasteiger partial charge on any atom is 0.129 e. The molecule has 0 spiro atoms. The van der Waals surface area contributed by atoms with Crippen LogP contribution < -0.4 is 9.47 Å². The average molecular weight is 260 g/mol. The van der Waals surface area contributed by atoms with Gasteiger partial charge in [-0.2, -0.15) is 0 Å². The van der Waals surface area contributed by atoms with Crippen LogP contribution in [0.15, 0.2) is 42.5 Å². The SMILES string of the molecule is COc1ccc(CO)c(OCc2ccc(O)cc2)c1. The number of phenols is 1. The predicted octanol–water partition coefficient (Wildman–Crippen LogP) is 2.47. The molecule has 2 N–H and O–H groups in total. The topological polar surface area (TPSA) is 58.9 Å². The molecule has 0 heterocycles. The molecule has 100 valence electrons. The quantitative estimate of drug-likeness (QED) is 0.867. The van der Waals surface area contributed by atoms with Crippen molar-refractivity contribution in [2.75, 3.05) is 7.11 Å². The van der Waals surface area contributed by atoms with Gasteiger partial charge in [0.2, 0.25) is 0 Å². The van der Waals surface area contributed by atoms with E-state index in [-0.39, 0.29) is 12.4 Å². The van der Waals surface area contributed by atoms with Crippen molar-refractivity contribution in [3.05, 3.63) is 53.6 Å². The summed E-state index contributed by atoms with van der Waals surface area (Å²) in [5.41, 5.74) is 1.64. The third-order valence-corrected chi connectivity index (χ3v) is 2.78. The van der Waals surface area contributed by atoms with Crippen LogP contribution in [0.5, 0.6) is 17.2 Å². The fourth-order valence-electron chi connectivity index (χ4n) is 1.68. The van der Waals surface area contributed by atoms with E-state index in [1.807, 2.05) is 0 Å². The van der Waals surface area contributed by atoms with Gasteiger partial charge in [-0.15, -0.1) is 0 Å². The van der Waals surface area contributed by atoms with Gasteiger partial charge in [0.05, 0.1) is 13.7 Å². The van der Waals surface area contributed by atoms with Gasteiger partial charge >= 0.3 is 0 Å². The monoisotopic (exact) mass is 260 g/mol. The van der Waals surface area contributed by atoms with E-state index in [9.17, 15) is 10.2 Å². The molecule has 0 fully saturated rings. The molecule has 0 saturated carbocycles. The van der Waals surface area contributed by atoms with Crippen LogP contribution in [-0.4, -0.2) is 17.3 Å². The summed E-state index contributed by atoms with van der Waals surface area (Å²) in [7, 11) is 1.58. The Morgan fingerprint density at radius 3 is 2.42 bits per heavy atom. The van der Waals surface area contributed by atoms with Gasteiger partial charge in [-0.25, -0.2) is 0 Å². The minimum atomic E-state index is -0.0884. The molecule has 19 heavy (non-hydrogen) atoms. The van der Waals surface area contributed by atoms with E-state index >= 15 is 0 Å². The van der Waals surface area contributed by atoms with Gasteiger partial charge in [0, 0.05) is 11.6 Å². The Morgan fingerprint density at radius 1 is 1.05 bits per heavy atom. The van der Waals surface area contributed by atoms with Crippen LogP contribution in [0.1, 0.15) is 11.1 Å². The number of phenolic OH excluding ortho intramolecular Hbond substituents is 1. The van der Waals surface area contributed by atoms with Crippen molar-refractivity contribution in [1.29, 1.82) is 0 Å². The van der Waals surface area contributed by atoms with E-state index in [4.69, 9.17) is 9.47 Å². The number of aliphatic hydroxyl groups is 1. The summed E-state index contributed by atoms with van der Waals surface area (Å²) in [5.74, 6) is 1.49. The lowest BCUT2D eigenvalue weighted by atomic mass is 10.2. The van der Waals surface area contributed by atoms with Crippen molar-refractivity contribution in [1.82, 2.24) is 0 Å². The van der Waals surface area contributed by atoms with E-state index in [1.54, 1.807) is 49.6 Å². The first-order valence-electron chi connectivity index (χ1n) is 5.91. The standard InChI is InChI=1S/C15H16O4/c1-18-14-7-4-12(9-16)15(8-14)19-10-11-2-5-13(17)6-3-11/h2-8,16-17H,9-10H2,1H3.